The predicted molar refractivity (Wildman–Crippen MR) is 85.5 cm³/mol. The van der Waals surface area contributed by atoms with Crippen molar-refractivity contribution in [1.82, 2.24) is 0 Å². The molecule has 22 heavy (non-hydrogen) atoms. The summed E-state index contributed by atoms with van der Waals surface area (Å²) in [6.07, 6.45) is 1.15. The first kappa shape index (κ1) is 16.0. The van der Waals surface area contributed by atoms with Gasteiger partial charge in [0.05, 0.1) is 0 Å². The topological polar surface area (TPSA) is 47.9 Å². The van der Waals surface area contributed by atoms with Crippen LogP contribution in [0.5, 0.6) is 11.5 Å². The van der Waals surface area contributed by atoms with E-state index < -0.39 is 6.10 Å². The first-order chi connectivity index (χ1) is 10.7. The lowest BCUT2D eigenvalue weighted by atomic mass is 10.1. The summed E-state index contributed by atoms with van der Waals surface area (Å²) in [6.45, 7) is 6.16. The Morgan fingerprint density at radius 2 is 1.59 bits per heavy atom. The largest absolute Gasteiger partial charge is 0.477 e. The number of aliphatic hydroxyl groups is 1. The third-order valence-electron chi connectivity index (χ3n) is 3.11. The first-order valence-electron chi connectivity index (χ1n) is 7.27. The highest BCUT2D eigenvalue weighted by molar-refractivity contribution is 5.93. The molecule has 0 aliphatic rings. The molecule has 2 aromatic rings. The molecule has 0 aliphatic heterocycles. The van der Waals surface area contributed by atoms with Crippen LogP contribution in [0.3, 0.4) is 0 Å². The van der Waals surface area contributed by atoms with Crippen LogP contribution in [0.2, 0.25) is 0 Å². The number of rotatable bonds is 6. The molecular formula is C18H20O4. The Hall–Kier alpha value is -2.38. The van der Waals surface area contributed by atoms with E-state index >= 15 is 0 Å². The minimum Gasteiger partial charge on any atom is -0.477 e. The molecule has 0 aliphatic carbocycles. The van der Waals surface area contributed by atoms with Crippen LogP contribution in [-0.2, 0) is 4.74 Å². The van der Waals surface area contributed by atoms with Crippen molar-refractivity contribution in [3.63, 3.8) is 0 Å². The summed E-state index contributed by atoms with van der Waals surface area (Å²) in [5.74, 6) is 3.99. The van der Waals surface area contributed by atoms with E-state index in [0.717, 1.165) is 16.5 Å². The van der Waals surface area contributed by atoms with Gasteiger partial charge in [-0.2, -0.15) is 0 Å². The lowest BCUT2D eigenvalue weighted by Gasteiger charge is -2.17. The van der Waals surface area contributed by atoms with Crippen molar-refractivity contribution < 1.29 is 19.3 Å². The molecule has 0 radical (unpaired) electrons. The van der Waals surface area contributed by atoms with Gasteiger partial charge in [0.1, 0.15) is 17.6 Å². The zero-order chi connectivity index (χ0) is 15.9. The highest BCUT2D eigenvalue weighted by Crippen LogP contribution is 2.33. The molecule has 0 saturated heterocycles. The number of hydrogen-bond acceptors (Lipinski definition) is 4. The predicted octanol–water partition coefficient (Wildman–Crippen LogP) is 3.70. The summed E-state index contributed by atoms with van der Waals surface area (Å²) in [4.78, 5) is 0. The minimum absolute atomic E-state index is 0.320. The second-order valence-electron chi connectivity index (χ2n) is 4.76. The van der Waals surface area contributed by atoms with Gasteiger partial charge in [-0.15, -0.1) is 0 Å². The van der Waals surface area contributed by atoms with Crippen LogP contribution < -0.4 is 9.47 Å². The van der Waals surface area contributed by atoms with E-state index in [1.165, 1.54) is 0 Å². The second-order valence-corrected chi connectivity index (χ2v) is 4.76. The van der Waals surface area contributed by atoms with Gasteiger partial charge in [0.2, 0.25) is 0 Å². The van der Waals surface area contributed by atoms with Crippen LogP contribution in [0.25, 0.3) is 10.8 Å². The maximum Gasteiger partial charge on any atom is 0.196 e. The van der Waals surface area contributed by atoms with Crippen molar-refractivity contribution in [3.05, 3.63) is 36.4 Å². The number of hydrogen-bond donors (Lipinski definition) is 1. The molecule has 0 aromatic heterocycles. The SMILES string of the molecule is CCOC(C)Oc1cccc2c(OC(C)C#CO)cccc12. The Balaban J connectivity index is 2.35. The summed E-state index contributed by atoms with van der Waals surface area (Å²) in [5, 5.41) is 10.5. The van der Waals surface area contributed by atoms with E-state index in [0.29, 0.717) is 12.4 Å². The summed E-state index contributed by atoms with van der Waals surface area (Å²) < 4.78 is 17.0. The lowest BCUT2D eigenvalue weighted by Crippen LogP contribution is -2.16. The molecule has 2 unspecified atom stereocenters. The quantitative estimate of drug-likeness (QED) is 0.653. The molecule has 1 N–H and O–H groups in total. The molecular weight excluding hydrogens is 280 g/mol. The molecule has 4 nitrogen and oxygen atoms in total. The van der Waals surface area contributed by atoms with Gasteiger partial charge in [0.25, 0.3) is 0 Å². The maximum atomic E-state index is 8.65. The molecule has 2 aromatic carbocycles. The first-order valence-corrected chi connectivity index (χ1v) is 7.27. The zero-order valence-electron chi connectivity index (χ0n) is 13.0. The Morgan fingerprint density at radius 1 is 1.00 bits per heavy atom. The van der Waals surface area contributed by atoms with Crippen molar-refractivity contribution in [2.24, 2.45) is 0 Å². The van der Waals surface area contributed by atoms with Crippen molar-refractivity contribution in [2.45, 2.75) is 33.2 Å². The van der Waals surface area contributed by atoms with E-state index in [1.807, 2.05) is 56.4 Å². The zero-order valence-corrected chi connectivity index (χ0v) is 13.0. The summed E-state index contributed by atoms with van der Waals surface area (Å²) in [5.41, 5.74) is 0. The Labute approximate surface area is 130 Å². The van der Waals surface area contributed by atoms with Crippen LogP contribution in [0.4, 0.5) is 0 Å². The van der Waals surface area contributed by atoms with Gasteiger partial charge in [-0.05, 0) is 38.8 Å². The number of aliphatic hydroxyl groups excluding tert-OH is 1. The van der Waals surface area contributed by atoms with Crippen molar-refractivity contribution in [2.75, 3.05) is 6.61 Å². The molecule has 2 atom stereocenters. The smallest absolute Gasteiger partial charge is 0.196 e. The van der Waals surface area contributed by atoms with Gasteiger partial charge in [-0.1, -0.05) is 24.3 Å². The van der Waals surface area contributed by atoms with Gasteiger partial charge in [0.15, 0.2) is 12.4 Å². The number of fused-ring (bicyclic) bond motifs is 1. The summed E-state index contributed by atoms with van der Waals surface area (Å²) in [6, 6.07) is 11.5. The molecule has 0 amide bonds. The normalized spacial score (nSPS) is 13.0. The van der Waals surface area contributed by atoms with E-state index in [4.69, 9.17) is 19.3 Å². The van der Waals surface area contributed by atoms with E-state index in [1.54, 1.807) is 6.92 Å². The molecule has 0 heterocycles. The molecule has 0 fully saturated rings. The number of ether oxygens (including phenoxy) is 3. The molecule has 0 spiro atoms. The van der Waals surface area contributed by atoms with Crippen LogP contribution in [0.1, 0.15) is 20.8 Å². The van der Waals surface area contributed by atoms with Crippen molar-refractivity contribution in [1.29, 1.82) is 0 Å². The van der Waals surface area contributed by atoms with Gasteiger partial charge in [0, 0.05) is 17.4 Å². The van der Waals surface area contributed by atoms with Gasteiger partial charge in [-0.3, -0.25) is 0 Å². The van der Waals surface area contributed by atoms with Crippen LogP contribution in [0.15, 0.2) is 36.4 Å². The maximum absolute atomic E-state index is 8.65. The minimum atomic E-state index is -0.400. The molecule has 0 saturated carbocycles. The van der Waals surface area contributed by atoms with Crippen LogP contribution in [0, 0.1) is 12.0 Å². The summed E-state index contributed by atoms with van der Waals surface area (Å²) >= 11 is 0. The molecule has 116 valence electrons. The molecule has 0 bridgehead atoms. The fraction of sp³-hybridized carbons (Fsp3) is 0.333. The lowest BCUT2D eigenvalue weighted by molar-refractivity contribution is -0.0605. The van der Waals surface area contributed by atoms with Gasteiger partial charge in [-0.25, -0.2) is 0 Å². The van der Waals surface area contributed by atoms with E-state index in [-0.39, 0.29) is 6.29 Å². The van der Waals surface area contributed by atoms with Crippen molar-refractivity contribution >= 4 is 10.8 Å². The van der Waals surface area contributed by atoms with E-state index in [9.17, 15) is 0 Å². The summed E-state index contributed by atoms with van der Waals surface area (Å²) in [7, 11) is 0. The Morgan fingerprint density at radius 3 is 2.14 bits per heavy atom. The highest BCUT2D eigenvalue weighted by atomic mass is 16.7. The Bertz CT molecular complexity index is 684. The molecule has 4 heteroatoms. The van der Waals surface area contributed by atoms with Gasteiger partial charge < -0.3 is 19.3 Å². The van der Waals surface area contributed by atoms with Crippen molar-refractivity contribution in [3.8, 4) is 23.5 Å². The van der Waals surface area contributed by atoms with E-state index in [2.05, 4.69) is 5.92 Å². The van der Waals surface area contributed by atoms with Gasteiger partial charge >= 0.3 is 0 Å². The second kappa shape index (κ2) is 7.58. The average molecular weight is 300 g/mol. The fourth-order valence-corrected chi connectivity index (χ4v) is 2.22. The Kier molecular flexibility index (Phi) is 5.51. The highest BCUT2D eigenvalue weighted by Gasteiger charge is 2.11. The average Bonchev–Trinajstić information content (AvgIpc) is 2.48. The third kappa shape index (κ3) is 3.84. The number of benzene rings is 2. The fourth-order valence-electron chi connectivity index (χ4n) is 2.22. The monoisotopic (exact) mass is 300 g/mol. The molecule has 2 rings (SSSR count). The third-order valence-corrected chi connectivity index (χ3v) is 3.11. The standard InChI is InChI=1S/C18H20O4/c1-4-20-14(3)22-18-10-6-7-15-16(18)8-5-9-17(15)21-13(2)11-12-19/h5-10,13-14,19H,4H2,1-3H3. The van der Waals surface area contributed by atoms with Crippen LogP contribution in [-0.4, -0.2) is 24.1 Å². The van der Waals surface area contributed by atoms with Crippen LogP contribution >= 0.6 is 0 Å².